The van der Waals surface area contributed by atoms with Crippen LogP contribution in [-0.2, 0) is 9.59 Å². The molecule has 7 nitrogen and oxygen atoms in total. The van der Waals surface area contributed by atoms with Crippen molar-refractivity contribution in [2.45, 2.75) is 46.6 Å². The van der Waals surface area contributed by atoms with E-state index in [-0.39, 0.29) is 11.1 Å². The zero-order valence-electron chi connectivity index (χ0n) is 21.1. The lowest BCUT2D eigenvalue weighted by Crippen LogP contribution is -2.54. The van der Waals surface area contributed by atoms with Crippen molar-refractivity contribution in [1.29, 1.82) is 0 Å². The van der Waals surface area contributed by atoms with Gasteiger partial charge in [0, 0.05) is 22.8 Å². The van der Waals surface area contributed by atoms with E-state index in [1.54, 1.807) is 24.3 Å². The molecule has 8 heteroatoms. The number of carbonyl (C=O) groups is 3. The maximum atomic E-state index is 13.3. The quantitative estimate of drug-likeness (QED) is 0.394. The first-order chi connectivity index (χ1) is 17.1. The molecule has 1 N–H and O–H groups in total. The number of allylic oxidation sites excluding steroid dienone is 1. The molecule has 188 valence electrons. The van der Waals surface area contributed by atoms with E-state index in [4.69, 9.17) is 16.3 Å². The molecule has 0 unspecified atom stereocenters. The van der Waals surface area contributed by atoms with E-state index in [1.807, 2.05) is 26.0 Å². The smallest absolute Gasteiger partial charge is 0.335 e. The summed E-state index contributed by atoms with van der Waals surface area (Å²) in [6.45, 7) is 11.7. The minimum Gasteiger partial charge on any atom is -0.494 e. The molecule has 0 aliphatic carbocycles. The highest BCUT2D eigenvalue weighted by Crippen LogP contribution is 2.42. The van der Waals surface area contributed by atoms with Crippen LogP contribution in [0, 0.1) is 0 Å². The highest BCUT2D eigenvalue weighted by Gasteiger charge is 2.37. The summed E-state index contributed by atoms with van der Waals surface area (Å²) in [7, 11) is 0. The third-order valence-corrected chi connectivity index (χ3v) is 6.68. The molecule has 4 amide bonds. The van der Waals surface area contributed by atoms with Gasteiger partial charge in [-0.25, -0.2) is 9.69 Å². The first-order valence-corrected chi connectivity index (χ1v) is 12.4. The number of amides is 4. The Balaban J connectivity index is 1.74. The topological polar surface area (TPSA) is 79.0 Å². The second-order valence-electron chi connectivity index (χ2n) is 9.41. The van der Waals surface area contributed by atoms with Crippen molar-refractivity contribution in [1.82, 2.24) is 5.32 Å². The molecule has 2 aliphatic rings. The lowest BCUT2D eigenvalue weighted by Gasteiger charge is -2.43. The maximum absolute atomic E-state index is 13.3. The number of rotatable bonds is 6. The van der Waals surface area contributed by atoms with Gasteiger partial charge in [0.15, 0.2) is 0 Å². The number of carbonyl (C=O) groups excluding carboxylic acids is 3. The Morgan fingerprint density at radius 2 is 1.78 bits per heavy atom. The van der Waals surface area contributed by atoms with Crippen molar-refractivity contribution < 1.29 is 19.1 Å². The summed E-state index contributed by atoms with van der Waals surface area (Å²) in [6.07, 6.45) is 4.63. The van der Waals surface area contributed by atoms with Crippen LogP contribution < -0.4 is 19.9 Å². The first-order valence-electron chi connectivity index (χ1n) is 12.0. The predicted molar refractivity (Wildman–Crippen MR) is 143 cm³/mol. The number of hydrogen-bond acceptors (Lipinski definition) is 5. The number of nitrogens with one attached hydrogen (secondary N) is 1. The molecule has 1 fully saturated rings. The third-order valence-electron chi connectivity index (χ3n) is 6.35. The Kier molecular flexibility index (Phi) is 6.96. The summed E-state index contributed by atoms with van der Waals surface area (Å²) >= 11 is 6.68. The molecule has 0 atom stereocenters. The van der Waals surface area contributed by atoms with Gasteiger partial charge in [0.05, 0.1) is 17.8 Å². The van der Waals surface area contributed by atoms with Gasteiger partial charge in [-0.3, -0.25) is 14.9 Å². The van der Waals surface area contributed by atoms with Crippen molar-refractivity contribution in [3.8, 4) is 5.75 Å². The Morgan fingerprint density at radius 3 is 2.42 bits per heavy atom. The van der Waals surface area contributed by atoms with Crippen molar-refractivity contribution in [3.05, 3.63) is 64.2 Å². The molecule has 4 rings (SSSR count). The average Bonchev–Trinajstić information content (AvgIpc) is 2.81. The van der Waals surface area contributed by atoms with Gasteiger partial charge in [-0.15, -0.1) is 0 Å². The van der Waals surface area contributed by atoms with Crippen LogP contribution in [0.3, 0.4) is 0 Å². The molecule has 2 heterocycles. The van der Waals surface area contributed by atoms with Crippen LogP contribution in [0.1, 0.15) is 52.2 Å². The van der Waals surface area contributed by atoms with Crippen LogP contribution in [-0.4, -0.2) is 36.5 Å². The number of urea groups is 1. The molecule has 0 spiro atoms. The van der Waals surface area contributed by atoms with Gasteiger partial charge >= 0.3 is 6.03 Å². The molecule has 2 aliphatic heterocycles. The Bertz CT molecular complexity index is 1290. The zero-order chi connectivity index (χ0) is 26.2. The summed E-state index contributed by atoms with van der Waals surface area (Å²) in [4.78, 5) is 41.8. The van der Waals surface area contributed by atoms with Crippen molar-refractivity contribution >= 4 is 52.5 Å². The fourth-order valence-corrected chi connectivity index (χ4v) is 4.98. The molecule has 2 aromatic carbocycles. The summed E-state index contributed by atoms with van der Waals surface area (Å²) < 4.78 is 5.43. The van der Waals surface area contributed by atoms with Gasteiger partial charge in [0.25, 0.3) is 11.8 Å². The van der Waals surface area contributed by atoms with E-state index in [1.165, 1.54) is 6.08 Å². The average molecular weight is 508 g/mol. The number of hydrogen-bond donors (Lipinski definition) is 1. The molecule has 1 saturated heterocycles. The van der Waals surface area contributed by atoms with E-state index >= 15 is 0 Å². The van der Waals surface area contributed by atoms with Gasteiger partial charge in [-0.05, 0) is 87.7 Å². The van der Waals surface area contributed by atoms with E-state index in [2.05, 4.69) is 37.1 Å². The standard InChI is InChI=1S/C28H30ClN3O4/c1-6-12-31-24-15-23(29)18(13-21(24)17(3)16-28(31,4)5)14-22-25(33)30-27(35)32(26(22)34)19-8-10-20(11-9-19)36-7-2/h8-11,13-16H,6-7,12H2,1-5H3,(H,30,33,35)/b22-14-. The summed E-state index contributed by atoms with van der Waals surface area (Å²) in [5.41, 5.74) is 3.60. The van der Waals surface area contributed by atoms with Gasteiger partial charge in [0.1, 0.15) is 11.3 Å². The molecular formula is C28H30ClN3O4. The minimum absolute atomic E-state index is 0.172. The Morgan fingerprint density at radius 1 is 1.08 bits per heavy atom. The lowest BCUT2D eigenvalue weighted by molar-refractivity contribution is -0.122. The number of imide groups is 2. The fraction of sp³-hybridized carbons (Fsp3) is 0.321. The fourth-order valence-electron chi connectivity index (χ4n) is 4.76. The normalized spacial score (nSPS) is 18.2. The van der Waals surface area contributed by atoms with Crippen LogP contribution in [0.5, 0.6) is 5.75 Å². The van der Waals surface area contributed by atoms with Crippen molar-refractivity contribution in [2.75, 3.05) is 23.0 Å². The summed E-state index contributed by atoms with van der Waals surface area (Å²) in [5.74, 6) is -0.868. The summed E-state index contributed by atoms with van der Waals surface area (Å²) in [5, 5.41) is 2.67. The number of ether oxygens (including phenoxy) is 1. The van der Waals surface area contributed by atoms with Gasteiger partial charge in [-0.1, -0.05) is 24.6 Å². The van der Waals surface area contributed by atoms with Crippen LogP contribution >= 0.6 is 11.6 Å². The molecular weight excluding hydrogens is 478 g/mol. The first kappa shape index (κ1) is 25.5. The third kappa shape index (κ3) is 4.63. The van der Waals surface area contributed by atoms with Gasteiger partial charge < -0.3 is 9.64 Å². The van der Waals surface area contributed by atoms with Crippen LogP contribution in [0.2, 0.25) is 5.02 Å². The number of halogens is 1. The predicted octanol–water partition coefficient (Wildman–Crippen LogP) is 5.82. The molecule has 0 aromatic heterocycles. The van der Waals surface area contributed by atoms with E-state index in [0.717, 1.165) is 34.7 Å². The highest BCUT2D eigenvalue weighted by molar-refractivity contribution is 6.40. The van der Waals surface area contributed by atoms with E-state index < -0.39 is 17.8 Å². The number of benzene rings is 2. The number of barbiturate groups is 1. The minimum atomic E-state index is -0.806. The molecule has 2 aromatic rings. The van der Waals surface area contributed by atoms with Gasteiger partial charge in [0.2, 0.25) is 0 Å². The summed E-state index contributed by atoms with van der Waals surface area (Å²) in [6, 6.07) is 9.50. The molecule has 0 bridgehead atoms. The monoisotopic (exact) mass is 507 g/mol. The number of nitrogens with zero attached hydrogens (tertiary/aromatic N) is 2. The van der Waals surface area contributed by atoms with E-state index in [9.17, 15) is 14.4 Å². The molecule has 0 radical (unpaired) electrons. The Hall–Kier alpha value is -3.58. The number of anilines is 2. The highest BCUT2D eigenvalue weighted by atomic mass is 35.5. The molecule has 0 saturated carbocycles. The number of fused-ring (bicyclic) bond motifs is 1. The van der Waals surface area contributed by atoms with Gasteiger partial charge in [-0.2, -0.15) is 0 Å². The zero-order valence-corrected chi connectivity index (χ0v) is 21.9. The molecule has 36 heavy (non-hydrogen) atoms. The largest absolute Gasteiger partial charge is 0.494 e. The lowest BCUT2D eigenvalue weighted by atomic mass is 9.87. The second-order valence-corrected chi connectivity index (χ2v) is 9.82. The van der Waals surface area contributed by atoms with Crippen LogP contribution in [0.25, 0.3) is 11.6 Å². The SMILES string of the molecule is CCCN1c2cc(Cl)c(/C=C3/C(=O)NC(=O)N(c4ccc(OCC)cc4)C3=O)cc2C(C)=CC1(C)C. The van der Waals surface area contributed by atoms with Crippen LogP contribution in [0.4, 0.5) is 16.2 Å². The maximum Gasteiger partial charge on any atom is 0.335 e. The Labute approximate surface area is 216 Å². The van der Waals surface area contributed by atoms with Crippen LogP contribution in [0.15, 0.2) is 48.0 Å². The van der Waals surface area contributed by atoms with Crippen molar-refractivity contribution in [3.63, 3.8) is 0 Å². The van der Waals surface area contributed by atoms with E-state index in [0.29, 0.717) is 28.6 Å². The second kappa shape index (κ2) is 9.82. The van der Waals surface area contributed by atoms with Crippen molar-refractivity contribution in [2.24, 2.45) is 0 Å².